The van der Waals surface area contributed by atoms with E-state index in [1.807, 2.05) is 44.1 Å². The van der Waals surface area contributed by atoms with Gasteiger partial charge in [-0.1, -0.05) is 12.1 Å². The molecule has 0 aliphatic carbocycles. The van der Waals surface area contributed by atoms with E-state index in [0.29, 0.717) is 5.56 Å². The number of hydrogen-bond acceptors (Lipinski definition) is 2. The van der Waals surface area contributed by atoms with Gasteiger partial charge in [0, 0.05) is 14.1 Å². The molecule has 0 aliphatic heterocycles. The topological polar surface area (TPSA) is 39.4 Å². The number of hydrogen-bond donors (Lipinski definition) is 0. The number of nitrogens with zero attached hydrogens (tertiary/aromatic N) is 3. The van der Waals surface area contributed by atoms with Crippen LogP contribution in [0.25, 0.3) is 0 Å². The molecule has 1 aromatic rings. The van der Waals surface area contributed by atoms with Crippen LogP contribution in [0.5, 0.6) is 0 Å². The van der Waals surface area contributed by atoms with Crippen LogP contribution in [0.2, 0.25) is 0 Å². The normalized spacial score (nSPS) is 10.1. The summed E-state index contributed by atoms with van der Waals surface area (Å²) < 4.78 is 0. The summed E-state index contributed by atoms with van der Waals surface area (Å²) >= 11 is 0. The predicted octanol–water partition coefficient (Wildman–Crippen LogP) is 2.09. The van der Waals surface area contributed by atoms with Gasteiger partial charge in [-0.3, -0.25) is 0 Å². The predicted molar refractivity (Wildman–Crippen MR) is 57.7 cm³/mol. The van der Waals surface area contributed by atoms with Gasteiger partial charge in [0.2, 0.25) is 0 Å². The molecule has 3 nitrogen and oxygen atoms in total. The first-order valence-corrected chi connectivity index (χ1v) is 4.35. The molecule has 0 radical (unpaired) electrons. The quantitative estimate of drug-likeness (QED) is 0.525. The van der Waals surface area contributed by atoms with Gasteiger partial charge in [0.15, 0.2) is 0 Å². The Labute approximate surface area is 84.3 Å². The van der Waals surface area contributed by atoms with Crippen LogP contribution in [0, 0.1) is 18.3 Å². The number of benzene rings is 1. The van der Waals surface area contributed by atoms with Crippen LogP contribution in [-0.2, 0) is 0 Å². The van der Waals surface area contributed by atoms with Gasteiger partial charge >= 0.3 is 0 Å². The van der Waals surface area contributed by atoms with Crippen LogP contribution >= 0.6 is 0 Å². The average molecular weight is 187 g/mol. The summed E-state index contributed by atoms with van der Waals surface area (Å²) in [4.78, 5) is 6.05. The SMILES string of the molecule is Cc1cccc(N=CN(C)C)c1C#N. The van der Waals surface area contributed by atoms with Crippen molar-refractivity contribution in [3.8, 4) is 6.07 Å². The average Bonchev–Trinajstić information content (AvgIpc) is 2.14. The number of rotatable bonds is 2. The first-order valence-electron chi connectivity index (χ1n) is 4.35. The largest absolute Gasteiger partial charge is 0.369 e. The number of aliphatic imine (C=N–C) groups is 1. The first-order chi connectivity index (χ1) is 6.65. The monoisotopic (exact) mass is 187 g/mol. The Hall–Kier alpha value is -1.82. The lowest BCUT2D eigenvalue weighted by atomic mass is 10.1. The minimum atomic E-state index is 0.644. The maximum atomic E-state index is 8.93. The molecule has 72 valence electrons. The van der Waals surface area contributed by atoms with Gasteiger partial charge in [0.25, 0.3) is 0 Å². The molecule has 0 bridgehead atoms. The van der Waals surface area contributed by atoms with E-state index in [1.54, 1.807) is 6.34 Å². The zero-order chi connectivity index (χ0) is 10.6. The molecule has 0 aromatic heterocycles. The van der Waals surface area contributed by atoms with Gasteiger partial charge in [-0.2, -0.15) is 5.26 Å². The summed E-state index contributed by atoms with van der Waals surface area (Å²) in [6, 6.07) is 7.81. The molecule has 0 unspecified atom stereocenters. The second kappa shape index (κ2) is 4.43. The molecule has 0 saturated carbocycles. The molecular weight excluding hydrogens is 174 g/mol. The maximum absolute atomic E-state index is 8.93. The van der Waals surface area contributed by atoms with E-state index in [9.17, 15) is 0 Å². The van der Waals surface area contributed by atoms with E-state index in [4.69, 9.17) is 5.26 Å². The summed E-state index contributed by atoms with van der Waals surface area (Å²) in [5, 5.41) is 8.93. The van der Waals surface area contributed by atoms with E-state index in [1.165, 1.54) is 0 Å². The Morgan fingerprint density at radius 2 is 2.14 bits per heavy atom. The molecule has 1 rings (SSSR count). The summed E-state index contributed by atoms with van der Waals surface area (Å²) in [7, 11) is 3.79. The van der Waals surface area contributed by atoms with E-state index < -0.39 is 0 Å². The minimum absolute atomic E-state index is 0.644. The Morgan fingerprint density at radius 3 is 2.71 bits per heavy atom. The van der Waals surface area contributed by atoms with Crippen LogP contribution in [-0.4, -0.2) is 25.3 Å². The van der Waals surface area contributed by atoms with Gasteiger partial charge in [0.1, 0.15) is 6.07 Å². The molecule has 0 amide bonds. The number of nitriles is 1. The lowest BCUT2D eigenvalue weighted by Gasteiger charge is -2.04. The van der Waals surface area contributed by atoms with Crippen LogP contribution in [0.3, 0.4) is 0 Å². The molecular formula is C11H13N3. The highest BCUT2D eigenvalue weighted by Gasteiger charge is 2.01. The fourth-order valence-electron chi connectivity index (χ4n) is 1.08. The van der Waals surface area contributed by atoms with Crippen LogP contribution < -0.4 is 0 Å². The van der Waals surface area contributed by atoms with Crippen molar-refractivity contribution in [3.05, 3.63) is 29.3 Å². The van der Waals surface area contributed by atoms with Crippen LogP contribution in [0.1, 0.15) is 11.1 Å². The Bertz CT molecular complexity index is 386. The second-order valence-corrected chi connectivity index (χ2v) is 3.29. The standard InChI is InChI=1S/C11H13N3/c1-9-5-4-6-11(10(9)7-12)13-8-14(2)3/h4-6,8H,1-3H3. The van der Waals surface area contributed by atoms with Gasteiger partial charge in [0.05, 0.1) is 17.6 Å². The zero-order valence-corrected chi connectivity index (χ0v) is 8.65. The summed E-state index contributed by atoms with van der Waals surface area (Å²) in [5.74, 6) is 0. The summed E-state index contributed by atoms with van der Waals surface area (Å²) in [6.45, 7) is 1.91. The molecule has 0 saturated heterocycles. The fraction of sp³-hybridized carbons (Fsp3) is 0.273. The van der Waals surface area contributed by atoms with Gasteiger partial charge in [-0.05, 0) is 18.6 Å². The van der Waals surface area contributed by atoms with Crippen molar-refractivity contribution in [1.29, 1.82) is 5.26 Å². The van der Waals surface area contributed by atoms with Crippen molar-refractivity contribution < 1.29 is 0 Å². The molecule has 0 heterocycles. The highest BCUT2D eigenvalue weighted by atomic mass is 15.1. The Morgan fingerprint density at radius 1 is 1.43 bits per heavy atom. The molecule has 14 heavy (non-hydrogen) atoms. The highest BCUT2D eigenvalue weighted by Crippen LogP contribution is 2.20. The molecule has 0 aliphatic rings. The molecule has 0 fully saturated rings. The Balaban J connectivity index is 3.10. The second-order valence-electron chi connectivity index (χ2n) is 3.29. The molecule has 1 aromatic carbocycles. The molecule has 0 N–H and O–H groups in total. The van der Waals surface area contributed by atoms with E-state index in [-0.39, 0.29) is 0 Å². The highest BCUT2D eigenvalue weighted by molar-refractivity contribution is 5.66. The van der Waals surface area contributed by atoms with Gasteiger partial charge in [-0.25, -0.2) is 4.99 Å². The zero-order valence-electron chi connectivity index (χ0n) is 8.65. The Kier molecular flexibility index (Phi) is 3.24. The molecule has 3 heteroatoms. The van der Waals surface area contributed by atoms with Crippen molar-refractivity contribution in [2.45, 2.75) is 6.92 Å². The van der Waals surface area contributed by atoms with E-state index in [0.717, 1.165) is 11.3 Å². The van der Waals surface area contributed by atoms with Crippen molar-refractivity contribution >= 4 is 12.0 Å². The van der Waals surface area contributed by atoms with Gasteiger partial charge in [-0.15, -0.1) is 0 Å². The van der Waals surface area contributed by atoms with E-state index >= 15 is 0 Å². The van der Waals surface area contributed by atoms with E-state index in [2.05, 4.69) is 11.1 Å². The fourth-order valence-corrected chi connectivity index (χ4v) is 1.08. The third-order valence-electron chi connectivity index (χ3n) is 1.79. The summed E-state index contributed by atoms with van der Waals surface area (Å²) in [6.07, 6.45) is 1.69. The molecule has 0 atom stereocenters. The van der Waals surface area contributed by atoms with Crippen molar-refractivity contribution in [1.82, 2.24) is 4.90 Å². The first kappa shape index (κ1) is 10.3. The van der Waals surface area contributed by atoms with Crippen molar-refractivity contribution in [2.24, 2.45) is 4.99 Å². The smallest absolute Gasteiger partial charge is 0.102 e. The van der Waals surface area contributed by atoms with Crippen LogP contribution in [0.15, 0.2) is 23.2 Å². The van der Waals surface area contributed by atoms with Crippen molar-refractivity contribution in [3.63, 3.8) is 0 Å². The maximum Gasteiger partial charge on any atom is 0.102 e. The van der Waals surface area contributed by atoms with Crippen molar-refractivity contribution in [2.75, 3.05) is 14.1 Å². The lowest BCUT2D eigenvalue weighted by molar-refractivity contribution is 0.643. The third-order valence-corrected chi connectivity index (χ3v) is 1.79. The number of aryl methyl sites for hydroxylation is 1. The third kappa shape index (κ3) is 2.33. The molecule has 0 spiro atoms. The summed E-state index contributed by atoms with van der Waals surface area (Å²) in [5.41, 5.74) is 2.33. The van der Waals surface area contributed by atoms with Gasteiger partial charge < -0.3 is 4.90 Å². The minimum Gasteiger partial charge on any atom is -0.369 e. The van der Waals surface area contributed by atoms with Crippen LogP contribution in [0.4, 0.5) is 5.69 Å². The lowest BCUT2D eigenvalue weighted by Crippen LogP contribution is -2.07.